The molecule has 102 valence electrons. The van der Waals surface area contributed by atoms with Crippen molar-refractivity contribution in [2.75, 3.05) is 12.4 Å². The predicted octanol–water partition coefficient (Wildman–Crippen LogP) is 2.19. The number of aliphatic hydroxyl groups is 1. The molecule has 0 radical (unpaired) electrons. The van der Waals surface area contributed by atoms with Crippen LogP contribution < -0.4 is 5.32 Å². The van der Waals surface area contributed by atoms with Crippen molar-refractivity contribution in [3.63, 3.8) is 0 Å². The highest BCUT2D eigenvalue weighted by atomic mass is 32.2. The number of nitrogens with zero attached hydrogens (tertiary/aromatic N) is 1. The first-order valence-electron chi connectivity index (χ1n) is 6.22. The highest BCUT2D eigenvalue weighted by Crippen LogP contribution is 2.18. The Balaban J connectivity index is 2.68. The number of nitriles is 1. The van der Waals surface area contributed by atoms with E-state index in [9.17, 15) is 4.79 Å². The molecule has 0 saturated heterocycles. The first kappa shape index (κ1) is 15.5. The summed E-state index contributed by atoms with van der Waals surface area (Å²) in [5.41, 5.74) is 0.583. The first-order valence-corrected chi connectivity index (χ1v) is 7.21. The molecule has 0 spiro atoms. The molecule has 1 rings (SSSR count). The number of hydrogen-bond acceptors (Lipinski definition) is 4. The fourth-order valence-electron chi connectivity index (χ4n) is 1.65. The van der Waals surface area contributed by atoms with Gasteiger partial charge in [0.25, 0.3) is 5.91 Å². The summed E-state index contributed by atoms with van der Waals surface area (Å²) in [7, 11) is 0. The summed E-state index contributed by atoms with van der Waals surface area (Å²) >= 11 is 1.41. The van der Waals surface area contributed by atoms with Crippen LogP contribution in [-0.2, 0) is 0 Å². The Morgan fingerprint density at radius 2 is 2.37 bits per heavy atom. The largest absolute Gasteiger partial charge is 0.396 e. The molecule has 0 bridgehead atoms. The maximum atomic E-state index is 12.0. The number of amides is 1. The lowest BCUT2D eigenvalue weighted by atomic mass is 10.1. The average molecular weight is 278 g/mol. The van der Waals surface area contributed by atoms with Gasteiger partial charge in [0, 0.05) is 23.1 Å². The number of benzene rings is 1. The lowest BCUT2D eigenvalue weighted by molar-refractivity contribution is 0.0929. The van der Waals surface area contributed by atoms with Gasteiger partial charge >= 0.3 is 0 Å². The van der Waals surface area contributed by atoms with Crippen LogP contribution in [0.5, 0.6) is 0 Å². The van der Waals surface area contributed by atoms with E-state index in [1.165, 1.54) is 11.8 Å². The number of hydrogen-bond donors (Lipinski definition) is 2. The van der Waals surface area contributed by atoms with Gasteiger partial charge in [-0.25, -0.2) is 0 Å². The maximum absolute atomic E-state index is 12.0. The molecule has 1 aromatic rings. The Morgan fingerprint density at radius 3 is 3.00 bits per heavy atom. The van der Waals surface area contributed by atoms with E-state index >= 15 is 0 Å². The van der Waals surface area contributed by atoms with E-state index in [1.54, 1.807) is 12.1 Å². The molecule has 1 amide bonds. The van der Waals surface area contributed by atoms with Crippen molar-refractivity contribution < 1.29 is 9.90 Å². The van der Waals surface area contributed by atoms with Crippen LogP contribution in [0, 0.1) is 11.3 Å². The van der Waals surface area contributed by atoms with Gasteiger partial charge in [0.2, 0.25) is 0 Å². The summed E-state index contributed by atoms with van der Waals surface area (Å²) in [5, 5.41) is 20.3. The van der Waals surface area contributed by atoms with Gasteiger partial charge in [0.15, 0.2) is 0 Å². The van der Waals surface area contributed by atoms with Gasteiger partial charge in [0.1, 0.15) is 0 Å². The lowest BCUT2D eigenvalue weighted by Gasteiger charge is -2.15. The zero-order valence-electron chi connectivity index (χ0n) is 10.9. The molecule has 5 heteroatoms. The smallest absolute Gasteiger partial charge is 0.251 e. The van der Waals surface area contributed by atoms with Crippen molar-refractivity contribution >= 4 is 17.7 Å². The molecule has 0 aliphatic rings. The molecular formula is C14H18N2O2S. The normalized spacial score (nSPS) is 11.6. The van der Waals surface area contributed by atoms with Crippen LogP contribution in [0.3, 0.4) is 0 Å². The summed E-state index contributed by atoms with van der Waals surface area (Å²) in [6.45, 7) is 2.04. The van der Waals surface area contributed by atoms with Gasteiger partial charge in [-0.05, 0) is 31.0 Å². The van der Waals surface area contributed by atoms with Crippen LogP contribution in [0.2, 0.25) is 0 Å². The van der Waals surface area contributed by atoms with E-state index in [0.29, 0.717) is 17.7 Å². The van der Waals surface area contributed by atoms with E-state index in [2.05, 4.69) is 11.4 Å². The highest BCUT2D eigenvalue weighted by Gasteiger charge is 2.12. The third-order valence-corrected chi connectivity index (χ3v) is 3.57. The molecular weight excluding hydrogens is 260 g/mol. The second kappa shape index (κ2) is 8.57. The monoisotopic (exact) mass is 278 g/mol. The van der Waals surface area contributed by atoms with Gasteiger partial charge in [-0.1, -0.05) is 13.0 Å². The number of rotatable bonds is 7. The zero-order chi connectivity index (χ0) is 14.1. The predicted molar refractivity (Wildman–Crippen MR) is 76.0 cm³/mol. The minimum Gasteiger partial charge on any atom is -0.396 e. The third kappa shape index (κ3) is 5.33. The maximum Gasteiger partial charge on any atom is 0.251 e. The van der Waals surface area contributed by atoms with Gasteiger partial charge < -0.3 is 10.4 Å². The Hall–Kier alpha value is -1.51. The third-order valence-electron chi connectivity index (χ3n) is 2.71. The van der Waals surface area contributed by atoms with Crippen LogP contribution >= 0.6 is 11.8 Å². The van der Waals surface area contributed by atoms with E-state index < -0.39 is 0 Å². The summed E-state index contributed by atoms with van der Waals surface area (Å²) in [5.74, 6) is 0.229. The average Bonchev–Trinajstić information content (AvgIpc) is 2.44. The number of aliphatic hydroxyl groups excluding tert-OH is 1. The number of carbonyl (C=O) groups is 1. The first-order chi connectivity index (χ1) is 9.21. The molecule has 2 N–H and O–H groups in total. The second-order valence-corrected chi connectivity index (χ2v) is 5.11. The molecule has 1 atom stereocenters. The summed E-state index contributed by atoms with van der Waals surface area (Å²) in [4.78, 5) is 13.0. The van der Waals surface area contributed by atoms with Gasteiger partial charge in [-0.15, -0.1) is 11.8 Å². The van der Waals surface area contributed by atoms with Crippen molar-refractivity contribution in [2.45, 2.75) is 30.7 Å². The van der Waals surface area contributed by atoms with Crippen LogP contribution in [0.15, 0.2) is 29.2 Å². The van der Waals surface area contributed by atoms with Crippen molar-refractivity contribution in [3.05, 3.63) is 29.8 Å². The molecule has 4 nitrogen and oxygen atoms in total. The van der Waals surface area contributed by atoms with E-state index in [0.717, 1.165) is 11.3 Å². The Morgan fingerprint density at radius 1 is 1.58 bits per heavy atom. The number of thioether (sulfide) groups is 1. The fourth-order valence-corrected chi connectivity index (χ4v) is 2.26. The molecule has 0 fully saturated rings. The van der Waals surface area contributed by atoms with Crippen molar-refractivity contribution in [1.82, 2.24) is 5.32 Å². The minimum atomic E-state index is -0.139. The van der Waals surface area contributed by atoms with E-state index in [1.807, 2.05) is 19.1 Å². The minimum absolute atomic E-state index is 0.00656. The Labute approximate surface area is 117 Å². The van der Waals surface area contributed by atoms with Crippen molar-refractivity contribution in [1.29, 1.82) is 5.26 Å². The van der Waals surface area contributed by atoms with Gasteiger partial charge in [0.05, 0.1) is 11.8 Å². The molecule has 0 saturated carbocycles. The lowest BCUT2D eigenvalue weighted by Crippen LogP contribution is -2.35. The number of carbonyl (C=O) groups excluding carboxylic acids is 1. The summed E-state index contributed by atoms with van der Waals surface area (Å²) < 4.78 is 0. The highest BCUT2D eigenvalue weighted by molar-refractivity contribution is 7.99. The van der Waals surface area contributed by atoms with Crippen LogP contribution in [0.1, 0.15) is 30.1 Å². The molecule has 0 heterocycles. The SMILES string of the molecule is CCC(CCO)NC(=O)c1cccc(SCC#N)c1. The molecule has 1 unspecified atom stereocenters. The standard InChI is InChI=1S/C14H18N2O2S/c1-2-12(6-8-17)16-14(18)11-4-3-5-13(10-11)19-9-7-15/h3-5,10,12,17H,2,6,8-9H2,1H3,(H,16,18). The Kier molecular flexibility index (Phi) is 7.01. The molecule has 0 aliphatic carbocycles. The Bertz CT molecular complexity index is 457. The van der Waals surface area contributed by atoms with Crippen molar-refractivity contribution in [3.8, 4) is 6.07 Å². The van der Waals surface area contributed by atoms with Gasteiger partial charge in [-0.2, -0.15) is 5.26 Å². The number of nitrogens with one attached hydrogen (secondary N) is 1. The summed E-state index contributed by atoms with van der Waals surface area (Å²) in [6.07, 6.45) is 1.35. The molecule has 0 aliphatic heterocycles. The molecule has 19 heavy (non-hydrogen) atoms. The van der Waals surface area contributed by atoms with E-state index in [-0.39, 0.29) is 18.6 Å². The molecule has 1 aromatic carbocycles. The second-order valence-electron chi connectivity index (χ2n) is 4.07. The topological polar surface area (TPSA) is 73.1 Å². The van der Waals surface area contributed by atoms with Crippen LogP contribution in [-0.4, -0.2) is 29.4 Å². The fraction of sp³-hybridized carbons (Fsp3) is 0.429. The zero-order valence-corrected chi connectivity index (χ0v) is 11.7. The summed E-state index contributed by atoms with van der Waals surface area (Å²) in [6, 6.07) is 9.27. The van der Waals surface area contributed by atoms with Crippen molar-refractivity contribution in [2.24, 2.45) is 0 Å². The van der Waals surface area contributed by atoms with Gasteiger partial charge in [-0.3, -0.25) is 4.79 Å². The van der Waals surface area contributed by atoms with E-state index in [4.69, 9.17) is 10.4 Å². The quantitative estimate of drug-likeness (QED) is 0.750. The van der Waals surface area contributed by atoms with Crippen LogP contribution in [0.4, 0.5) is 0 Å². The van der Waals surface area contributed by atoms with Crippen LogP contribution in [0.25, 0.3) is 0 Å². The molecule has 0 aromatic heterocycles.